The Hall–Kier alpha value is -4.29. The molecule has 3 aliphatic rings. The van der Waals surface area contributed by atoms with Crippen molar-refractivity contribution in [2.75, 3.05) is 29.9 Å². The lowest BCUT2D eigenvalue weighted by Gasteiger charge is -2.26. The van der Waals surface area contributed by atoms with E-state index in [-0.39, 0.29) is 23.9 Å². The second-order valence-corrected chi connectivity index (χ2v) is 11.6. The van der Waals surface area contributed by atoms with Gasteiger partial charge in [0.05, 0.1) is 41.7 Å². The summed E-state index contributed by atoms with van der Waals surface area (Å²) in [6.07, 6.45) is 5.47. The summed E-state index contributed by atoms with van der Waals surface area (Å²) in [6, 6.07) is 11.4. The molecule has 1 saturated heterocycles. The summed E-state index contributed by atoms with van der Waals surface area (Å²) in [6.45, 7) is 2.37. The van der Waals surface area contributed by atoms with Crippen molar-refractivity contribution < 1.29 is 23.1 Å². The van der Waals surface area contributed by atoms with Gasteiger partial charge in [-0.15, -0.1) is 0 Å². The highest BCUT2D eigenvalue weighted by atomic mass is 32.2. The van der Waals surface area contributed by atoms with Gasteiger partial charge in [-0.25, -0.2) is 13.4 Å². The third kappa shape index (κ3) is 6.07. The van der Waals surface area contributed by atoms with Gasteiger partial charge in [0.25, 0.3) is 12.4 Å². The smallest absolute Gasteiger partial charge is 0.290 e. The molecular formula is C27H26N6O5S. The Bertz CT molecular complexity index is 1590. The molecular weight excluding hydrogens is 520 g/mol. The van der Waals surface area contributed by atoms with E-state index in [2.05, 4.69) is 37.4 Å². The van der Waals surface area contributed by atoms with Crippen LogP contribution >= 0.6 is 0 Å². The van der Waals surface area contributed by atoms with E-state index in [1.165, 1.54) is 0 Å². The standard InChI is InChI=1S/C26H24N6O3S.CH2O2/c33-26(23-3-1-2-21(30-23)16-32-4-6-36(34,35)7-5-32)31-24-10-17(8-19-11-27-14-22(19)24)18-9-20-12-28-15-25(20)29-13-18;2-1-3/h1-3,8-10,12-14H,4-7,11,15-16H2,(H,31,33);1H,(H,2,3). The number of carbonyl (C=O) groups excluding carboxylic acids is 1. The van der Waals surface area contributed by atoms with E-state index < -0.39 is 9.84 Å². The number of hydrogen-bond acceptors (Lipinski definition) is 9. The average molecular weight is 547 g/mol. The number of carbonyl (C=O) groups is 2. The number of benzene rings is 1. The molecule has 1 fully saturated rings. The predicted octanol–water partition coefficient (Wildman–Crippen LogP) is 2.19. The maximum atomic E-state index is 13.2. The minimum atomic E-state index is -2.94. The quantitative estimate of drug-likeness (QED) is 0.462. The first-order chi connectivity index (χ1) is 18.8. The Labute approximate surface area is 225 Å². The van der Waals surface area contributed by atoms with Crippen LogP contribution in [0.3, 0.4) is 0 Å². The molecule has 0 unspecified atom stereocenters. The second kappa shape index (κ2) is 11.2. The zero-order valence-electron chi connectivity index (χ0n) is 20.9. The van der Waals surface area contributed by atoms with Crippen LogP contribution in [0.1, 0.15) is 38.6 Å². The van der Waals surface area contributed by atoms with Gasteiger partial charge in [-0.2, -0.15) is 0 Å². The average Bonchev–Trinajstić information content (AvgIpc) is 3.60. The molecule has 12 heteroatoms. The summed E-state index contributed by atoms with van der Waals surface area (Å²) >= 11 is 0. The molecule has 0 saturated carbocycles. The first kappa shape index (κ1) is 26.3. The molecule has 3 aliphatic heterocycles. The lowest BCUT2D eigenvalue weighted by Crippen LogP contribution is -2.39. The number of hydrogen-bond donors (Lipinski definition) is 2. The fourth-order valence-electron chi connectivity index (χ4n) is 4.66. The Kier molecular flexibility index (Phi) is 7.57. The van der Waals surface area contributed by atoms with Crippen LogP contribution in [0.2, 0.25) is 0 Å². The van der Waals surface area contributed by atoms with E-state index >= 15 is 0 Å². The highest BCUT2D eigenvalue weighted by Crippen LogP contribution is 2.32. The number of sulfone groups is 1. The molecule has 39 heavy (non-hydrogen) atoms. The summed E-state index contributed by atoms with van der Waals surface area (Å²) in [4.78, 5) is 41.4. The van der Waals surface area contributed by atoms with Crippen molar-refractivity contribution in [2.24, 2.45) is 9.98 Å². The van der Waals surface area contributed by atoms with Crippen LogP contribution in [0.4, 0.5) is 5.69 Å². The Morgan fingerprint density at radius 1 is 1.05 bits per heavy atom. The van der Waals surface area contributed by atoms with E-state index in [9.17, 15) is 13.2 Å². The molecule has 2 N–H and O–H groups in total. The fraction of sp³-hybridized carbons (Fsp3) is 0.259. The van der Waals surface area contributed by atoms with Crippen molar-refractivity contribution in [3.63, 3.8) is 0 Å². The van der Waals surface area contributed by atoms with Gasteiger partial charge in [-0.1, -0.05) is 6.07 Å². The summed E-state index contributed by atoms with van der Waals surface area (Å²) < 4.78 is 23.4. The molecule has 0 aliphatic carbocycles. The SMILES string of the molecule is O=C(Nc1cc(-c2cnc3c(c2)C=NC3)cc2c1C=NC2)c1cccc(CN2CCS(=O)(=O)CC2)n1.O=CO. The van der Waals surface area contributed by atoms with Crippen LogP contribution in [0.5, 0.6) is 0 Å². The van der Waals surface area contributed by atoms with Crippen LogP contribution in [0.25, 0.3) is 11.1 Å². The lowest BCUT2D eigenvalue weighted by molar-refractivity contribution is -0.122. The van der Waals surface area contributed by atoms with Crippen molar-refractivity contribution in [2.45, 2.75) is 19.6 Å². The molecule has 0 bridgehead atoms. The highest BCUT2D eigenvalue weighted by molar-refractivity contribution is 7.91. The van der Waals surface area contributed by atoms with Crippen LogP contribution < -0.4 is 5.32 Å². The van der Waals surface area contributed by atoms with Gasteiger partial charge in [0.1, 0.15) is 5.69 Å². The molecule has 1 amide bonds. The van der Waals surface area contributed by atoms with Crippen LogP contribution in [-0.2, 0) is 34.3 Å². The zero-order valence-corrected chi connectivity index (χ0v) is 21.8. The summed E-state index contributed by atoms with van der Waals surface area (Å²) in [7, 11) is -2.94. The monoisotopic (exact) mass is 546 g/mol. The van der Waals surface area contributed by atoms with Gasteiger partial charge in [-0.05, 0) is 41.5 Å². The Morgan fingerprint density at radius 2 is 1.82 bits per heavy atom. The fourth-order valence-corrected chi connectivity index (χ4v) is 5.94. The zero-order chi connectivity index (χ0) is 27.4. The third-order valence-corrected chi connectivity index (χ3v) is 8.28. The molecule has 11 nitrogen and oxygen atoms in total. The van der Waals surface area contributed by atoms with Crippen molar-refractivity contribution in [3.8, 4) is 11.1 Å². The molecule has 1 aromatic carbocycles. The number of nitrogens with one attached hydrogen (secondary N) is 1. The topological polar surface area (TPSA) is 154 Å². The maximum Gasteiger partial charge on any atom is 0.290 e. The Balaban J connectivity index is 0.000000983. The minimum Gasteiger partial charge on any atom is -0.483 e. The van der Waals surface area contributed by atoms with Crippen molar-refractivity contribution in [1.82, 2.24) is 14.9 Å². The molecule has 6 rings (SSSR count). The number of aliphatic imine (C=N–C) groups is 2. The van der Waals surface area contributed by atoms with Gasteiger partial charge in [0, 0.05) is 55.0 Å². The highest BCUT2D eigenvalue weighted by Gasteiger charge is 2.22. The number of amides is 1. The predicted molar refractivity (Wildman–Crippen MR) is 147 cm³/mol. The van der Waals surface area contributed by atoms with Gasteiger partial charge >= 0.3 is 0 Å². The number of carboxylic acid groups (broad SMARTS) is 1. The second-order valence-electron chi connectivity index (χ2n) is 9.30. The molecule has 5 heterocycles. The number of aromatic nitrogens is 2. The molecule has 0 radical (unpaired) electrons. The van der Waals surface area contributed by atoms with E-state index in [0.717, 1.165) is 39.2 Å². The number of anilines is 1. The van der Waals surface area contributed by atoms with Crippen LogP contribution in [0, 0.1) is 0 Å². The normalized spacial score (nSPS) is 16.6. The lowest BCUT2D eigenvalue weighted by atomic mass is 9.98. The van der Waals surface area contributed by atoms with E-state index in [0.29, 0.717) is 44.1 Å². The first-order valence-corrected chi connectivity index (χ1v) is 14.1. The van der Waals surface area contributed by atoms with Gasteiger partial charge in [0.2, 0.25) is 0 Å². The van der Waals surface area contributed by atoms with Crippen molar-refractivity contribution in [1.29, 1.82) is 0 Å². The molecule has 200 valence electrons. The van der Waals surface area contributed by atoms with E-state index in [1.54, 1.807) is 18.3 Å². The summed E-state index contributed by atoms with van der Waals surface area (Å²) in [5.41, 5.74) is 7.54. The molecule has 3 aromatic rings. The molecule has 2 aromatic heterocycles. The third-order valence-electron chi connectivity index (χ3n) is 6.67. The van der Waals surface area contributed by atoms with Crippen LogP contribution in [0.15, 0.2) is 52.6 Å². The van der Waals surface area contributed by atoms with E-state index in [1.807, 2.05) is 29.4 Å². The summed E-state index contributed by atoms with van der Waals surface area (Å²) in [5, 5.41) is 9.92. The maximum absolute atomic E-state index is 13.2. The summed E-state index contributed by atoms with van der Waals surface area (Å²) in [5.74, 6) is 0.00256. The van der Waals surface area contributed by atoms with Crippen molar-refractivity contribution in [3.05, 3.63) is 76.4 Å². The number of rotatable bonds is 5. The van der Waals surface area contributed by atoms with Gasteiger partial charge in [0.15, 0.2) is 9.84 Å². The van der Waals surface area contributed by atoms with Crippen molar-refractivity contribution >= 4 is 40.3 Å². The van der Waals surface area contributed by atoms with E-state index in [4.69, 9.17) is 9.90 Å². The number of nitrogens with zero attached hydrogens (tertiary/aromatic N) is 5. The van der Waals surface area contributed by atoms with Gasteiger partial charge < -0.3 is 10.4 Å². The number of pyridine rings is 2. The molecule has 0 atom stereocenters. The minimum absolute atomic E-state index is 0.155. The largest absolute Gasteiger partial charge is 0.483 e. The van der Waals surface area contributed by atoms with Crippen LogP contribution in [-0.4, -0.2) is 77.8 Å². The Morgan fingerprint density at radius 3 is 2.62 bits per heavy atom. The molecule has 0 spiro atoms. The number of fused-ring (bicyclic) bond motifs is 2. The van der Waals surface area contributed by atoms with Gasteiger partial charge in [-0.3, -0.25) is 29.5 Å². The first-order valence-electron chi connectivity index (χ1n) is 12.3.